The lowest BCUT2D eigenvalue weighted by Crippen LogP contribution is -2.46. The zero-order valence-electron chi connectivity index (χ0n) is 12.0. The molecule has 1 aromatic carbocycles. The molecular formula is C15H22N2O2S. The number of hydrogen-bond donors (Lipinski definition) is 1. The molecule has 0 amide bonds. The fourth-order valence-corrected chi connectivity index (χ4v) is 2.61. The van der Waals surface area contributed by atoms with Crippen molar-refractivity contribution in [1.29, 1.82) is 0 Å². The van der Waals surface area contributed by atoms with Crippen LogP contribution in [0.4, 0.5) is 0 Å². The SMILES string of the molecule is CC1CN(CCOc2ccc(C(N)=S)cc2)CC(C)O1. The zero-order chi connectivity index (χ0) is 14.5. The van der Waals surface area contributed by atoms with E-state index < -0.39 is 0 Å². The van der Waals surface area contributed by atoms with Gasteiger partial charge in [0.1, 0.15) is 17.3 Å². The van der Waals surface area contributed by atoms with Gasteiger partial charge < -0.3 is 15.2 Å². The van der Waals surface area contributed by atoms with Gasteiger partial charge in [0.15, 0.2) is 0 Å². The average Bonchev–Trinajstić information content (AvgIpc) is 2.38. The van der Waals surface area contributed by atoms with Gasteiger partial charge in [-0.3, -0.25) is 4.90 Å². The lowest BCUT2D eigenvalue weighted by Gasteiger charge is -2.35. The van der Waals surface area contributed by atoms with Crippen LogP contribution in [0.5, 0.6) is 5.75 Å². The van der Waals surface area contributed by atoms with E-state index in [1.807, 2.05) is 24.3 Å². The van der Waals surface area contributed by atoms with Gasteiger partial charge in [0.05, 0.1) is 12.2 Å². The van der Waals surface area contributed by atoms with Crippen LogP contribution in [0.25, 0.3) is 0 Å². The fourth-order valence-electron chi connectivity index (χ4n) is 2.47. The molecule has 0 radical (unpaired) electrons. The van der Waals surface area contributed by atoms with Crippen molar-refractivity contribution in [1.82, 2.24) is 4.90 Å². The van der Waals surface area contributed by atoms with E-state index in [4.69, 9.17) is 27.4 Å². The number of rotatable bonds is 5. The Kier molecular flexibility index (Phi) is 5.34. The second-order valence-electron chi connectivity index (χ2n) is 5.25. The van der Waals surface area contributed by atoms with Gasteiger partial charge in [-0.2, -0.15) is 0 Å². The van der Waals surface area contributed by atoms with Crippen molar-refractivity contribution in [3.8, 4) is 5.75 Å². The van der Waals surface area contributed by atoms with Crippen LogP contribution in [-0.4, -0.2) is 48.3 Å². The second kappa shape index (κ2) is 7.02. The van der Waals surface area contributed by atoms with Gasteiger partial charge in [0, 0.05) is 25.2 Å². The van der Waals surface area contributed by atoms with Gasteiger partial charge in [0.2, 0.25) is 0 Å². The van der Waals surface area contributed by atoms with Gasteiger partial charge in [0.25, 0.3) is 0 Å². The van der Waals surface area contributed by atoms with Crippen molar-refractivity contribution in [2.45, 2.75) is 26.1 Å². The Morgan fingerprint density at radius 2 is 1.90 bits per heavy atom. The van der Waals surface area contributed by atoms with Crippen LogP contribution in [0.3, 0.4) is 0 Å². The summed E-state index contributed by atoms with van der Waals surface area (Å²) >= 11 is 4.92. The van der Waals surface area contributed by atoms with Crippen molar-refractivity contribution in [2.24, 2.45) is 5.73 Å². The largest absolute Gasteiger partial charge is 0.492 e. The molecule has 1 saturated heterocycles. The van der Waals surface area contributed by atoms with Crippen molar-refractivity contribution in [3.63, 3.8) is 0 Å². The first kappa shape index (κ1) is 15.2. The molecule has 1 fully saturated rings. The van der Waals surface area contributed by atoms with E-state index in [9.17, 15) is 0 Å². The fraction of sp³-hybridized carbons (Fsp3) is 0.533. The Labute approximate surface area is 125 Å². The van der Waals surface area contributed by atoms with E-state index in [1.165, 1.54) is 0 Å². The molecule has 0 spiro atoms. The third-order valence-corrected chi connectivity index (χ3v) is 3.55. The molecule has 2 unspecified atom stereocenters. The molecule has 0 aromatic heterocycles. The van der Waals surface area contributed by atoms with Crippen LogP contribution >= 0.6 is 12.2 Å². The standard InChI is InChI=1S/C15H22N2O2S/c1-11-9-17(10-12(2)19-11)7-8-18-14-5-3-13(4-6-14)15(16)20/h3-6,11-12H,7-10H2,1-2H3,(H2,16,20). The summed E-state index contributed by atoms with van der Waals surface area (Å²) in [4.78, 5) is 2.79. The summed E-state index contributed by atoms with van der Waals surface area (Å²) in [6.07, 6.45) is 0.590. The number of morpholine rings is 1. The van der Waals surface area contributed by atoms with E-state index in [1.54, 1.807) is 0 Å². The molecule has 4 nitrogen and oxygen atoms in total. The molecule has 2 N–H and O–H groups in total. The number of ether oxygens (including phenoxy) is 2. The molecule has 5 heteroatoms. The van der Waals surface area contributed by atoms with Crippen molar-refractivity contribution in [2.75, 3.05) is 26.2 Å². The van der Waals surface area contributed by atoms with E-state index >= 15 is 0 Å². The number of nitrogens with two attached hydrogens (primary N) is 1. The van der Waals surface area contributed by atoms with Crippen LogP contribution in [0.1, 0.15) is 19.4 Å². The molecule has 110 valence electrons. The predicted molar refractivity (Wildman–Crippen MR) is 84.3 cm³/mol. The maximum Gasteiger partial charge on any atom is 0.119 e. The number of benzene rings is 1. The summed E-state index contributed by atoms with van der Waals surface area (Å²) in [5.41, 5.74) is 6.42. The Hall–Kier alpha value is -1.17. The Balaban J connectivity index is 1.76. The highest BCUT2D eigenvalue weighted by molar-refractivity contribution is 7.80. The first-order valence-corrected chi connectivity index (χ1v) is 7.36. The van der Waals surface area contributed by atoms with E-state index in [0.29, 0.717) is 23.8 Å². The molecule has 0 saturated carbocycles. The summed E-state index contributed by atoms with van der Waals surface area (Å²) in [6.45, 7) is 7.74. The van der Waals surface area contributed by atoms with E-state index in [-0.39, 0.29) is 0 Å². The monoisotopic (exact) mass is 294 g/mol. The Morgan fingerprint density at radius 3 is 2.45 bits per heavy atom. The van der Waals surface area contributed by atoms with Gasteiger partial charge in [-0.15, -0.1) is 0 Å². The lowest BCUT2D eigenvalue weighted by atomic mass is 10.2. The number of hydrogen-bond acceptors (Lipinski definition) is 4. The maximum absolute atomic E-state index is 5.75. The summed E-state index contributed by atoms with van der Waals surface area (Å²) in [7, 11) is 0. The van der Waals surface area contributed by atoms with Gasteiger partial charge in [-0.1, -0.05) is 12.2 Å². The third-order valence-electron chi connectivity index (χ3n) is 3.31. The first-order chi connectivity index (χ1) is 9.54. The first-order valence-electron chi connectivity index (χ1n) is 6.95. The molecule has 1 heterocycles. The zero-order valence-corrected chi connectivity index (χ0v) is 12.9. The van der Waals surface area contributed by atoms with Crippen LogP contribution in [-0.2, 0) is 4.74 Å². The molecule has 0 bridgehead atoms. The highest BCUT2D eigenvalue weighted by Crippen LogP contribution is 2.13. The van der Waals surface area contributed by atoms with E-state index in [0.717, 1.165) is 30.9 Å². The van der Waals surface area contributed by atoms with Crippen LogP contribution < -0.4 is 10.5 Å². The minimum Gasteiger partial charge on any atom is -0.492 e. The summed E-state index contributed by atoms with van der Waals surface area (Å²) in [5.74, 6) is 0.847. The molecule has 1 aliphatic heterocycles. The highest BCUT2D eigenvalue weighted by atomic mass is 32.1. The molecule has 1 aliphatic rings. The quantitative estimate of drug-likeness (QED) is 0.839. The maximum atomic E-state index is 5.75. The Bertz CT molecular complexity index is 440. The van der Waals surface area contributed by atoms with Crippen molar-refractivity contribution >= 4 is 17.2 Å². The summed E-state index contributed by atoms with van der Waals surface area (Å²) in [6, 6.07) is 7.57. The van der Waals surface area contributed by atoms with Gasteiger partial charge in [-0.05, 0) is 38.1 Å². The molecule has 2 rings (SSSR count). The van der Waals surface area contributed by atoms with Crippen LogP contribution in [0, 0.1) is 0 Å². The summed E-state index contributed by atoms with van der Waals surface area (Å²) in [5, 5.41) is 0. The highest BCUT2D eigenvalue weighted by Gasteiger charge is 2.21. The summed E-state index contributed by atoms with van der Waals surface area (Å²) < 4.78 is 11.5. The third kappa shape index (κ3) is 4.44. The Morgan fingerprint density at radius 1 is 1.30 bits per heavy atom. The molecule has 20 heavy (non-hydrogen) atoms. The molecule has 0 aliphatic carbocycles. The van der Waals surface area contributed by atoms with Crippen LogP contribution in [0.15, 0.2) is 24.3 Å². The average molecular weight is 294 g/mol. The van der Waals surface area contributed by atoms with Crippen molar-refractivity contribution < 1.29 is 9.47 Å². The second-order valence-corrected chi connectivity index (χ2v) is 5.69. The van der Waals surface area contributed by atoms with Gasteiger partial charge in [-0.25, -0.2) is 0 Å². The normalized spacial score (nSPS) is 23.5. The van der Waals surface area contributed by atoms with Crippen molar-refractivity contribution in [3.05, 3.63) is 29.8 Å². The number of thiocarbonyl (C=S) groups is 1. The number of nitrogens with zero attached hydrogens (tertiary/aromatic N) is 1. The molecular weight excluding hydrogens is 272 g/mol. The minimum absolute atomic E-state index is 0.295. The molecule has 2 atom stereocenters. The van der Waals surface area contributed by atoms with Gasteiger partial charge >= 0.3 is 0 Å². The lowest BCUT2D eigenvalue weighted by molar-refractivity contribution is -0.0699. The van der Waals surface area contributed by atoms with Crippen LogP contribution in [0.2, 0.25) is 0 Å². The molecule has 1 aromatic rings. The topological polar surface area (TPSA) is 47.7 Å². The van der Waals surface area contributed by atoms with E-state index in [2.05, 4.69) is 18.7 Å². The predicted octanol–water partition coefficient (Wildman–Crippen LogP) is 1.81. The minimum atomic E-state index is 0.295. The smallest absolute Gasteiger partial charge is 0.119 e.